The van der Waals surface area contributed by atoms with Crippen molar-refractivity contribution in [1.82, 2.24) is 0 Å². The van der Waals surface area contributed by atoms with Crippen LogP contribution in [0.1, 0.15) is 32.1 Å². The number of fused-ring (bicyclic) bond motifs is 1. The zero-order valence-corrected chi connectivity index (χ0v) is 5.60. The highest BCUT2D eigenvalue weighted by Crippen LogP contribution is 2.43. The molecule has 1 heteroatoms. The Labute approximate surface area is 55.4 Å². The summed E-state index contributed by atoms with van der Waals surface area (Å²) in [5, 5.41) is 0. The minimum absolute atomic E-state index is 0.510. The molecule has 2 aliphatic rings. The Hall–Kier alpha value is -0.330. The van der Waals surface area contributed by atoms with Crippen LogP contribution in [0.3, 0.4) is 0 Å². The zero-order chi connectivity index (χ0) is 6.27. The van der Waals surface area contributed by atoms with Gasteiger partial charge in [0.05, 0.1) is 0 Å². The number of Topliss-reactive ketones (excluding diaryl/α,β-unsaturated/α-hetero) is 1. The first-order chi connectivity index (χ1) is 4.36. The van der Waals surface area contributed by atoms with Crippen molar-refractivity contribution >= 4 is 5.78 Å². The molecule has 0 saturated heterocycles. The van der Waals surface area contributed by atoms with Gasteiger partial charge in [-0.05, 0) is 31.1 Å². The lowest BCUT2D eigenvalue weighted by Gasteiger charge is -2.39. The van der Waals surface area contributed by atoms with Gasteiger partial charge in [0.2, 0.25) is 0 Å². The maximum atomic E-state index is 10.9. The third-order valence-electron chi connectivity index (χ3n) is 2.86. The average molecular weight is 124 g/mol. The molecule has 0 unspecified atom stereocenters. The summed E-state index contributed by atoms with van der Waals surface area (Å²) in [6, 6.07) is 0. The summed E-state index contributed by atoms with van der Waals surface area (Å²) in [4.78, 5) is 10.9. The van der Waals surface area contributed by atoms with E-state index in [4.69, 9.17) is 0 Å². The first-order valence-electron chi connectivity index (χ1n) is 3.88. The first-order valence-corrected chi connectivity index (χ1v) is 3.88. The zero-order valence-electron chi connectivity index (χ0n) is 5.60. The molecule has 2 atom stereocenters. The van der Waals surface area contributed by atoms with Gasteiger partial charge >= 0.3 is 0 Å². The Morgan fingerprint density at radius 2 is 1.89 bits per heavy atom. The molecule has 50 valence electrons. The molecular formula is C8H12O. The molecule has 2 aliphatic carbocycles. The van der Waals surface area contributed by atoms with Gasteiger partial charge in [0.25, 0.3) is 0 Å². The smallest absolute Gasteiger partial charge is 0.133 e. The number of carbonyl (C=O) groups is 1. The Morgan fingerprint density at radius 3 is 2.33 bits per heavy atom. The number of ketones is 1. The monoisotopic (exact) mass is 124 g/mol. The van der Waals surface area contributed by atoms with Crippen LogP contribution in [-0.2, 0) is 4.79 Å². The minimum atomic E-state index is 0.510. The highest BCUT2D eigenvalue weighted by Gasteiger charge is 2.35. The van der Waals surface area contributed by atoms with Gasteiger partial charge < -0.3 is 0 Å². The van der Waals surface area contributed by atoms with E-state index in [1.54, 1.807) is 0 Å². The summed E-state index contributed by atoms with van der Waals surface area (Å²) in [6.45, 7) is 0. The number of carbonyl (C=O) groups excluding carboxylic acids is 1. The van der Waals surface area contributed by atoms with Gasteiger partial charge in [-0.3, -0.25) is 4.79 Å². The van der Waals surface area contributed by atoms with Crippen LogP contribution in [0.4, 0.5) is 0 Å². The van der Waals surface area contributed by atoms with Gasteiger partial charge in [0, 0.05) is 12.8 Å². The van der Waals surface area contributed by atoms with Crippen molar-refractivity contribution in [3.05, 3.63) is 0 Å². The van der Waals surface area contributed by atoms with Crippen molar-refractivity contribution in [2.75, 3.05) is 0 Å². The van der Waals surface area contributed by atoms with Crippen molar-refractivity contribution in [3.63, 3.8) is 0 Å². The molecule has 0 amide bonds. The molecule has 0 aromatic heterocycles. The molecule has 2 saturated carbocycles. The van der Waals surface area contributed by atoms with Crippen molar-refractivity contribution < 1.29 is 4.79 Å². The summed E-state index contributed by atoms with van der Waals surface area (Å²) >= 11 is 0. The van der Waals surface area contributed by atoms with Gasteiger partial charge in [-0.2, -0.15) is 0 Å². The van der Waals surface area contributed by atoms with Crippen molar-refractivity contribution in [2.24, 2.45) is 11.8 Å². The molecule has 0 aromatic rings. The Morgan fingerprint density at radius 1 is 1.11 bits per heavy atom. The lowest BCUT2D eigenvalue weighted by Crippen LogP contribution is -2.32. The molecular weight excluding hydrogens is 112 g/mol. The van der Waals surface area contributed by atoms with Crippen LogP contribution in [0, 0.1) is 11.8 Å². The van der Waals surface area contributed by atoms with Crippen LogP contribution in [-0.4, -0.2) is 5.78 Å². The largest absolute Gasteiger partial charge is 0.300 e. The second-order valence-corrected chi connectivity index (χ2v) is 3.38. The summed E-state index contributed by atoms with van der Waals surface area (Å²) < 4.78 is 0. The third kappa shape index (κ3) is 0.790. The average Bonchev–Trinajstić information content (AvgIpc) is 1.78. The van der Waals surface area contributed by atoms with E-state index in [0.717, 1.165) is 24.7 Å². The van der Waals surface area contributed by atoms with Crippen LogP contribution in [0.5, 0.6) is 0 Å². The molecule has 1 nitrogen and oxygen atoms in total. The molecule has 0 N–H and O–H groups in total. The highest BCUT2D eigenvalue weighted by atomic mass is 16.1. The molecule has 0 aromatic carbocycles. The van der Waals surface area contributed by atoms with E-state index in [2.05, 4.69) is 0 Å². The van der Waals surface area contributed by atoms with Crippen molar-refractivity contribution in [1.29, 1.82) is 0 Å². The Balaban J connectivity index is 1.99. The number of hydrogen-bond acceptors (Lipinski definition) is 1. The van der Waals surface area contributed by atoms with E-state index in [-0.39, 0.29) is 0 Å². The van der Waals surface area contributed by atoms with Crippen LogP contribution in [0.25, 0.3) is 0 Å². The van der Waals surface area contributed by atoms with E-state index < -0.39 is 0 Å². The summed E-state index contributed by atoms with van der Waals surface area (Å²) in [6.07, 6.45) is 5.71. The van der Waals surface area contributed by atoms with Crippen LogP contribution >= 0.6 is 0 Å². The fraction of sp³-hybridized carbons (Fsp3) is 0.875. The molecule has 2 fully saturated rings. The predicted octanol–water partition coefficient (Wildman–Crippen LogP) is 1.77. The van der Waals surface area contributed by atoms with Crippen molar-refractivity contribution in [2.45, 2.75) is 32.1 Å². The van der Waals surface area contributed by atoms with Gasteiger partial charge in [-0.1, -0.05) is 0 Å². The first kappa shape index (κ1) is 5.45. The van der Waals surface area contributed by atoms with Crippen LogP contribution < -0.4 is 0 Å². The number of hydrogen-bond donors (Lipinski definition) is 0. The fourth-order valence-electron chi connectivity index (χ4n) is 2.03. The predicted molar refractivity (Wildman–Crippen MR) is 35.1 cm³/mol. The quantitative estimate of drug-likeness (QED) is 0.481. The minimum Gasteiger partial charge on any atom is -0.300 e. The second-order valence-electron chi connectivity index (χ2n) is 3.38. The Bertz CT molecular complexity index is 140. The molecule has 0 heterocycles. The molecule has 0 spiro atoms. The normalized spacial score (nSPS) is 41.6. The van der Waals surface area contributed by atoms with Gasteiger partial charge in [0.1, 0.15) is 5.78 Å². The van der Waals surface area contributed by atoms with E-state index in [1.807, 2.05) is 0 Å². The van der Waals surface area contributed by atoms with E-state index in [1.165, 1.54) is 19.3 Å². The standard InChI is InChI=1S/C8H12O/c9-8-4-3-6-1-2-7(6)5-8/h6-7H,1-5H2/t6-,7-/m1/s1. The molecule has 9 heavy (non-hydrogen) atoms. The van der Waals surface area contributed by atoms with E-state index in [9.17, 15) is 4.79 Å². The SMILES string of the molecule is O=C1CC[C@H]2CC[C@@H]2C1. The number of rotatable bonds is 0. The maximum absolute atomic E-state index is 10.9. The second kappa shape index (κ2) is 1.83. The van der Waals surface area contributed by atoms with E-state index >= 15 is 0 Å². The van der Waals surface area contributed by atoms with Gasteiger partial charge in [-0.25, -0.2) is 0 Å². The van der Waals surface area contributed by atoms with E-state index in [0.29, 0.717) is 5.78 Å². The molecule has 0 bridgehead atoms. The van der Waals surface area contributed by atoms with Crippen LogP contribution in [0.15, 0.2) is 0 Å². The Kier molecular flexibility index (Phi) is 1.11. The lowest BCUT2D eigenvalue weighted by atomic mass is 9.65. The van der Waals surface area contributed by atoms with Crippen molar-refractivity contribution in [3.8, 4) is 0 Å². The topological polar surface area (TPSA) is 17.1 Å². The molecule has 0 radical (unpaired) electrons. The summed E-state index contributed by atoms with van der Waals surface area (Å²) in [5.41, 5.74) is 0. The highest BCUT2D eigenvalue weighted by molar-refractivity contribution is 5.79. The lowest BCUT2D eigenvalue weighted by molar-refractivity contribution is -0.124. The summed E-state index contributed by atoms with van der Waals surface area (Å²) in [7, 11) is 0. The van der Waals surface area contributed by atoms with Gasteiger partial charge in [-0.15, -0.1) is 0 Å². The maximum Gasteiger partial charge on any atom is 0.133 e. The molecule has 2 rings (SSSR count). The van der Waals surface area contributed by atoms with Gasteiger partial charge in [0.15, 0.2) is 0 Å². The van der Waals surface area contributed by atoms with Crippen LogP contribution in [0.2, 0.25) is 0 Å². The summed E-state index contributed by atoms with van der Waals surface area (Å²) in [5.74, 6) is 2.27. The fourth-order valence-corrected chi connectivity index (χ4v) is 2.03. The third-order valence-corrected chi connectivity index (χ3v) is 2.86. The molecule has 0 aliphatic heterocycles.